The van der Waals surface area contributed by atoms with Crippen molar-refractivity contribution in [3.8, 4) is 0 Å². The molecule has 0 aromatic heterocycles. The van der Waals surface area contributed by atoms with Crippen LogP contribution >= 0.6 is 0 Å². The zero-order valence-corrected chi connectivity index (χ0v) is 12.2. The van der Waals surface area contributed by atoms with Crippen molar-refractivity contribution in [1.82, 2.24) is 0 Å². The molecule has 6 nitrogen and oxygen atoms in total. The molecule has 2 N–H and O–H groups in total. The quantitative estimate of drug-likeness (QED) is 0.621. The average Bonchev–Trinajstić information content (AvgIpc) is 2.32. The van der Waals surface area contributed by atoms with Gasteiger partial charge >= 0.3 is 5.97 Å². The van der Waals surface area contributed by atoms with Crippen LogP contribution in [0.5, 0.6) is 0 Å². The Morgan fingerprint density at radius 1 is 1.48 bits per heavy atom. The summed E-state index contributed by atoms with van der Waals surface area (Å²) in [6, 6.07) is 3.04. The van der Waals surface area contributed by atoms with Crippen molar-refractivity contribution in [1.29, 1.82) is 0 Å². The number of nitrogens with one attached hydrogen (secondary N) is 1. The molecule has 0 fully saturated rings. The fourth-order valence-corrected chi connectivity index (χ4v) is 2.03. The second-order valence-electron chi connectivity index (χ2n) is 6.10. The number of rotatable bonds is 6. The average molecular weight is 298 g/mol. The SMILES string of the molecule is CC(C)(C)CC(CNc1cc(F)ccc1[N+](=O)[O-])C(=O)O. The minimum absolute atomic E-state index is 0.00308. The lowest BCUT2D eigenvalue weighted by molar-refractivity contribution is -0.384. The predicted octanol–water partition coefficient (Wildman–Crippen LogP) is 3.28. The standard InChI is InChI=1S/C14H19FN2O4/c1-14(2,3)7-9(13(18)19)8-16-11-6-10(15)4-5-12(11)17(20)21/h4-6,9,16H,7-8H2,1-3H3,(H,18,19). The van der Waals surface area contributed by atoms with Gasteiger partial charge in [-0.1, -0.05) is 20.8 Å². The zero-order chi connectivity index (χ0) is 16.2. The Labute approximate surface area is 122 Å². The molecule has 1 atom stereocenters. The van der Waals surface area contributed by atoms with Gasteiger partial charge in [0.25, 0.3) is 5.69 Å². The van der Waals surface area contributed by atoms with Crippen LogP contribution in [0.3, 0.4) is 0 Å². The predicted molar refractivity (Wildman–Crippen MR) is 76.7 cm³/mol. The van der Waals surface area contributed by atoms with Gasteiger partial charge in [0.2, 0.25) is 0 Å². The van der Waals surface area contributed by atoms with Crippen molar-refractivity contribution in [2.45, 2.75) is 27.2 Å². The minimum atomic E-state index is -0.989. The van der Waals surface area contributed by atoms with Crippen molar-refractivity contribution in [3.05, 3.63) is 34.1 Å². The Hall–Kier alpha value is -2.18. The molecular weight excluding hydrogens is 279 g/mol. The molecule has 1 aromatic rings. The van der Waals surface area contributed by atoms with Crippen LogP contribution in [0.25, 0.3) is 0 Å². The highest BCUT2D eigenvalue weighted by molar-refractivity contribution is 5.71. The van der Waals surface area contributed by atoms with Gasteiger partial charge in [-0.3, -0.25) is 14.9 Å². The first-order valence-corrected chi connectivity index (χ1v) is 6.51. The number of nitro benzene ring substituents is 1. The lowest BCUT2D eigenvalue weighted by Gasteiger charge is -2.23. The van der Waals surface area contributed by atoms with E-state index >= 15 is 0 Å². The number of benzene rings is 1. The summed E-state index contributed by atoms with van der Waals surface area (Å²) < 4.78 is 13.2. The summed E-state index contributed by atoms with van der Waals surface area (Å²) in [5.74, 6) is -2.32. The van der Waals surface area contributed by atoms with E-state index in [0.717, 1.165) is 18.2 Å². The van der Waals surface area contributed by atoms with Gasteiger partial charge in [0.1, 0.15) is 11.5 Å². The highest BCUT2D eigenvalue weighted by Crippen LogP contribution is 2.28. The van der Waals surface area contributed by atoms with Crippen molar-refractivity contribution in [2.24, 2.45) is 11.3 Å². The van der Waals surface area contributed by atoms with E-state index < -0.39 is 22.6 Å². The molecule has 0 spiro atoms. The summed E-state index contributed by atoms with van der Waals surface area (Å²) in [5, 5.41) is 22.7. The van der Waals surface area contributed by atoms with Crippen LogP contribution in [-0.2, 0) is 4.79 Å². The molecule has 0 amide bonds. The molecule has 116 valence electrons. The van der Waals surface area contributed by atoms with Crippen molar-refractivity contribution in [2.75, 3.05) is 11.9 Å². The summed E-state index contributed by atoms with van der Waals surface area (Å²) in [4.78, 5) is 21.5. The monoisotopic (exact) mass is 298 g/mol. The molecule has 1 aromatic carbocycles. The number of nitrogens with zero attached hydrogens (tertiary/aromatic N) is 1. The zero-order valence-electron chi connectivity index (χ0n) is 12.2. The van der Waals surface area contributed by atoms with Gasteiger partial charge in [-0.05, 0) is 17.9 Å². The fraction of sp³-hybridized carbons (Fsp3) is 0.500. The third kappa shape index (κ3) is 5.37. The maximum Gasteiger partial charge on any atom is 0.308 e. The van der Waals surface area contributed by atoms with Crippen LogP contribution < -0.4 is 5.32 Å². The van der Waals surface area contributed by atoms with Crippen LogP contribution in [0.1, 0.15) is 27.2 Å². The van der Waals surface area contributed by atoms with Crippen LogP contribution in [0, 0.1) is 27.3 Å². The topological polar surface area (TPSA) is 92.5 Å². The van der Waals surface area contributed by atoms with Gasteiger partial charge in [-0.15, -0.1) is 0 Å². The van der Waals surface area contributed by atoms with Gasteiger partial charge < -0.3 is 10.4 Å². The van der Waals surface area contributed by atoms with E-state index in [1.807, 2.05) is 20.8 Å². The molecule has 0 aliphatic carbocycles. The largest absolute Gasteiger partial charge is 0.481 e. The number of halogens is 1. The van der Waals surface area contributed by atoms with Crippen molar-refractivity contribution in [3.63, 3.8) is 0 Å². The Balaban J connectivity index is 2.87. The number of carbonyl (C=O) groups is 1. The number of aliphatic carboxylic acids is 1. The fourth-order valence-electron chi connectivity index (χ4n) is 2.03. The highest BCUT2D eigenvalue weighted by atomic mass is 19.1. The molecule has 21 heavy (non-hydrogen) atoms. The highest BCUT2D eigenvalue weighted by Gasteiger charge is 2.25. The Bertz CT molecular complexity index is 540. The van der Waals surface area contributed by atoms with E-state index in [4.69, 9.17) is 0 Å². The molecule has 0 aliphatic heterocycles. The summed E-state index contributed by atoms with van der Waals surface area (Å²) in [6.07, 6.45) is 0.401. The van der Waals surface area contributed by atoms with E-state index in [0.29, 0.717) is 6.42 Å². The molecule has 0 bridgehead atoms. The lowest BCUT2D eigenvalue weighted by Crippen LogP contribution is -2.27. The Morgan fingerprint density at radius 2 is 2.10 bits per heavy atom. The first-order chi connectivity index (χ1) is 9.60. The van der Waals surface area contributed by atoms with E-state index in [1.54, 1.807) is 0 Å². The maximum atomic E-state index is 13.2. The molecule has 7 heteroatoms. The number of hydrogen-bond donors (Lipinski definition) is 2. The van der Waals surface area contributed by atoms with E-state index in [1.165, 1.54) is 0 Å². The Kier molecular flexibility index (Phi) is 5.23. The van der Waals surface area contributed by atoms with Crippen molar-refractivity contribution < 1.29 is 19.2 Å². The van der Waals surface area contributed by atoms with E-state index in [2.05, 4.69) is 5.32 Å². The first kappa shape index (κ1) is 16.9. The van der Waals surface area contributed by atoms with Crippen LogP contribution in [0.4, 0.5) is 15.8 Å². The molecular formula is C14H19FN2O4. The summed E-state index contributed by atoms with van der Waals surface area (Å²) in [5.41, 5.74) is -0.491. The van der Waals surface area contributed by atoms with Crippen molar-refractivity contribution >= 4 is 17.3 Å². The smallest absolute Gasteiger partial charge is 0.308 e. The molecule has 0 aliphatic rings. The van der Waals surface area contributed by atoms with Gasteiger partial charge in [-0.25, -0.2) is 4.39 Å². The van der Waals surface area contributed by atoms with E-state index in [9.17, 15) is 24.4 Å². The third-order valence-corrected chi connectivity index (χ3v) is 2.90. The van der Waals surface area contributed by atoms with Gasteiger partial charge in [0.15, 0.2) is 0 Å². The molecule has 1 unspecified atom stereocenters. The van der Waals surface area contributed by atoms with Crippen LogP contribution in [0.2, 0.25) is 0 Å². The molecule has 0 radical (unpaired) electrons. The number of anilines is 1. The minimum Gasteiger partial charge on any atom is -0.481 e. The van der Waals surface area contributed by atoms with E-state index in [-0.39, 0.29) is 23.3 Å². The Morgan fingerprint density at radius 3 is 2.57 bits per heavy atom. The molecule has 0 saturated heterocycles. The summed E-state index contributed by atoms with van der Waals surface area (Å²) >= 11 is 0. The summed E-state index contributed by atoms with van der Waals surface area (Å²) in [6.45, 7) is 5.73. The lowest BCUT2D eigenvalue weighted by atomic mass is 9.84. The second kappa shape index (κ2) is 6.51. The number of carboxylic acids is 1. The van der Waals surface area contributed by atoms with Gasteiger partial charge in [-0.2, -0.15) is 0 Å². The van der Waals surface area contributed by atoms with Crippen LogP contribution in [0.15, 0.2) is 18.2 Å². The molecule has 0 saturated carbocycles. The second-order valence-corrected chi connectivity index (χ2v) is 6.10. The molecule has 0 heterocycles. The number of carboxylic acid groups (broad SMARTS) is 1. The van der Waals surface area contributed by atoms with Gasteiger partial charge in [0, 0.05) is 18.7 Å². The number of hydrogen-bond acceptors (Lipinski definition) is 4. The van der Waals surface area contributed by atoms with Crippen LogP contribution in [-0.4, -0.2) is 22.5 Å². The van der Waals surface area contributed by atoms with Gasteiger partial charge in [0.05, 0.1) is 10.8 Å². The first-order valence-electron chi connectivity index (χ1n) is 6.51. The normalized spacial score (nSPS) is 12.8. The molecule has 1 rings (SSSR count). The third-order valence-electron chi connectivity index (χ3n) is 2.90. The maximum absolute atomic E-state index is 13.2. The number of nitro groups is 1. The summed E-state index contributed by atoms with van der Waals surface area (Å²) in [7, 11) is 0.